The predicted molar refractivity (Wildman–Crippen MR) is 60.1 cm³/mol. The van der Waals surface area contributed by atoms with E-state index in [0.717, 1.165) is 5.69 Å². The number of nitrogen functional groups attached to an aromatic ring is 1. The number of nitrogens with two attached hydrogens (primary N) is 1. The van der Waals surface area contributed by atoms with E-state index in [0.29, 0.717) is 17.5 Å². The summed E-state index contributed by atoms with van der Waals surface area (Å²) in [6.07, 6.45) is 0. The van der Waals surface area contributed by atoms with E-state index in [4.69, 9.17) is 15.4 Å². The van der Waals surface area contributed by atoms with Gasteiger partial charge in [0.1, 0.15) is 6.07 Å². The Morgan fingerprint density at radius 1 is 1.38 bits per heavy atom. The van der Waals surface area contributed by atoms with Crippen LogP contribution in [0.2, 0.25) is 0 Å². The molecule has 0 unspecified atom stereocenters. The van der Waals surface area contributed by atoms with E-state index >= 15 is 0 Å². The van der Waals surface area contributed by atoms with E-state index in [9.17, 15) is 0 Å². The highest BCUT2D eigenvalue weighted by molar-refractivity contribution is 5.61. The summed E-state index contributed by atoms with van der Waals surface area (Å²) in [6.45, 7) is 1.69. The quantitative estimate of drug-likeness (QED) is 0.748. The monoisotopic (exact) mass is 214 g/mol. The number of hydrogen-bond acceptors (Lipinski definition) is 5. The molecule has 0 amide bonds. The van der Waals surface area contributed by atoms with E-state index in [1.165, 1.54) is 0 Å². The maximum atomic E-state index is 8.82. The van der Waals surface area contributed by atoms with Gasteiger partial charge in [-0.15, -0.1) is 0 Å². The van der Waals surface area contributed by atoms with Crippen molar-refractivity contribution in [2.45, 2.75) is 6.92 Å². The Labute approximate surface area is 92.5 Å². The van der Waals surface area contributed by atoms with Crippen LogP contribution in [-0.2, 0) is 0 Å². The van der Waals surface area contributed by atoms with Gasteiger partial charge in [0.05, 0.1) is 0 Å². The van der Waals surface area contributed by atoms with Crippen LogP contribution in [0, 0.1) is 18.3 Å². The van der Waals surface area contributed by atoms with Crippen molar-refractivity contribution in [3.05, 3.63) is 35.9 Å². The number of anilines is 3. The molecule has 2 rings (SSSR count). The van der Waals surface area contributed by atoms with Gasteiger partial charge in [0, 0.05) is 18.3 Å². The van der Waals surface area contributed by atoms with Crippen LogP contribution in [0.3, 0.4) is 0 Å². The highest BCUT2D eigenvalue weighted by Gasteiger charge is 2.09. The fourth-order valence-corrected chi connectivity index (χ4v) is 1.29. The van der Waals surface area contributed by atoms with E-state index < -0.39 is 0 Å². The van der Waals surface area contributed by atoms with Crippen molar-refractivity contribution in [2.75, 3.05) is 11.1 Å². The molecule has 1 heterocycles. The number of nitrogens with one attached hydrogen (secondary N) is 1. The molecule has 5 heteroatoms. The van der Waals surface area contributed by atoms with Crippen LogP contribution < -0.4 is 11.1 Å². The number of rotatable bonds is 2. The Kier molecular flexibility index (Phi) is 2.48. The largest absolute Gasteiger partial charge is 0.424 e. The zero-order valence-corrected chi connectivity index (χ0v) is 8.69. The van der Waals surface area contributed by atoms with E-state index in [2.05, 4.69) is 10.3 Å². The molecule has 0 atom stereocenters. The molecular weight excluding hydrogens is 204 g/mol. The molecule has 0 aliphatic rings. The summed E-state index contributed by atoms with van der Waals surface area (Å²) < 4.78 is 5.26. The fraction of sp³-hybridized carbons (Fsp3) is 0.0909. The minimum atomic E-state index is 0.245. The molecular formula is C11H10N4O. The summed E-state index contributed by atoms with van der Waals surface area (Å²) >= 11 is 0. The third-order valence-corrected chi connectivity index (χ3v) is 2.01. The van der Waals surface area contributed by atoms with Gasteiger partial charge < -0.3 is 15.5 Å². The van der Waals surface area contributed by atoms with Gasteiger partial charge in [0.2, 0.25) is 11.6 Å². The molecule has 16 heavy (non-hydrogen) atoms. The van der Waals surface area contributed by atoms with Crippen molar-refractivity contribution in [3.63, 3.8) is 0 Å². The van der Waals surface area contributed by atoms with Crippen LogP contribution in [0.15, 0.2) is 28.7 Å². The van der Waals surface area contributed by atoms with Crippen LogP contribution in [0.25, 0.3) is 0 Å². The lowest BCUT2D eigenvalue weighted by Gasteiger charge is -2.02. The third-order valence-electron chi connectivity index (χ3n) is 2.01. The molecule has 2 aromatic rings. The van der Waals surface area contributed by atoms with Crippen molar-refractivity contribution in [2.24, 2.45) is 0 Å². The SMILES string of the molecule is Cc1nc(C#N)c(Nc2ccc(N)cc2)o1. The van der Waals surface area contributed by atoms with Crippen molar-refractivity contribution in [1.82, 2.24) is 4.98 Å². The zero-order chi connectivity index (χ0) is 11.5. The van der Waals surface area contributed by atoms with Gasteiger partial charge in [-0.05, 0) is 24.3 Å². The minimum absolute atomic E-state index is 0.245. The van der Waals surface area contributed by atoms with Crippen molar-refractivity contribution >= 4 is 17.3 Å². The van der Waals surface area contributed by atoms with Crippen LogP contribution in [0.5, 0.6) is 0 Å². The standard InChI is InChI=1S/C11H10N4O/c1-7-14-10(6-12)11(16-7)15-9-4-2-8(13)3-5-9/h2-5,15H,13H2,1H3. The second-order valence-electron chi connectivity index (χ2n) is 3.27. The average molecular weight is 214 g/mol. The third kappa shape index (κ3) is 1.96. The first-order chi connectivity index (χ1) is 7.69. The fourth-order valence-electron chi connectivity index (χ4n) is 1.29. The molecule has 0 aliphatic heterocycles. The molecule has 1 aromatic carbocycles. The van der Waals surface area contributed by atoms with Gasteiger partial charge in [-0.1, -0.05) is 0 Å². The highest BCUT2D eigenvalue weighted by Crippen LogP contribution is 2.21. The smallest absolute Gasteiger partial charge is 0.236 e. The lowest BCUT2D eigenvalue weighted by Crippen LogP contribution is -1.92. The molecule has 1 aromatic heterocycles. The summed E-state index contributed by atoms with van der Waals surface area (Å²) in [7, 11) is 0. The summed E-state index contributed by atoms with van der Waals surface area (Å²) in [6, 6.07) is 9.08. The van der Waals surface area contributed by atoms with Crippen LogP contribution in [0.4, 0.5) is 17.3 Å². The maximum absolute atomic E-state index is 8.82. The molecule has 0 fully saturated rings. The van der Waals surface area contributed by atoms with E-state index in [1.54, 1.807) is 31.2 Å². The topological polar surface area (TPSA) is 87.9 Å². The molecule has 0 saturated carbocycles. The summed E-state index contributed by atoms with van der Waals surface area (Å²) in [4.78, 5) is 3.93. The zero-order valence-electron chi connectivity index (χ0n) is 8.69. The van der Waals surface area contributed by atoms with Crippen molar-refractivity contribution in [1.29, 1.82) is 5.26 Å². The molecule has 0 bridgehead atoms. The first kappa shape index (κ1) is 10.1. The molecule has 0 aliphatic carbocycles. The van der Waals surface area contributed by atoms with Gasteiger partial charge in [-0.2, -0.15) is 5.26 Å². The first-order valence-corrected chi connectivity index (χ1v) is 4.69. The molecule has 0 radical (unpaired) electrons. The Morgan fingerprint density at radius 3 is 2.69 bits per heavy atom. The van der Waals surface area contributed by atoms with Crippen molar-refractivity contribution in [3.8, 4) is 6.07 Å². The van der Waals surface area contributed by atoms with Gasteiger partial charge >= 0.3 is 0 Å². The normalized spacial score (nSPS) is 9.75. The number of aromatic nitrogens is 1. The summed E-state index contributed by atoms with van der Waals surface area (Å²) in [5.41, 5.74) is 7.28. The minimum Gasteiger partial charge on any atom is -0.424 e. The van der Waals surface area contributed by atoms with E-state index in [1.807, 2.05) is 6.07 Å². The number of aryl methyl sites for hydroxylation is 1. The van der Waals surface area contributed by atoms with Crippen LogP contribution in [-0.4, -0.2) is 4.98 Å². The Balaban J connectivity index is 2.27. The molecule has 5 nitrogen and oxygen atoms in total. The lowest BCUT2D eigenvalue weighted by atomic mass is 10.3. The predicted octanol–water partition coefficient (Wildman–Crippen LogP) is 2.18. The van der Waals surface area contributed by atoms with Gasteiger partial charge in [-0.25, -0.2) is 4.98 Å². The lowest BCUT2D eigenvalue weighted by molar-refractivity contribution is 0.537. The summed E-state index contributed by atoms with van der Waals surface area (Å²) in [5, 5.41) is 11.8. The maximum Gasteiger partial charge on any atom is 0.236 e. The Morgan fingerprint density at radius 2 is 2.06 bits per heavy atom. The number of hydrogen-bond donors (Lipinski definition) is 2. The number of nitriles is 1. The molecule has 0 spiro atoms. The van der Waals surface area contributed by atoms with E-state index in [-0.39, 0.29) is 5.69 Å². The second kappa shape index (κ2) is 3.95. The Bertz CT molecular complexity index is 536. The van der Waals surface area contributed by atoms with Gasteiger partial charge in [-0.3, -0.25) is 0 Å². The van der Waals surface area contributed by atoms with Gasteiger partial charge in [0.25, 0.3) is 0 Å². The number of nitrogens with zero attached hydrogens (tertiary/aromatic N) is 2. The second-order valence-corrected chi connectivity index (χ2v) is 3.27. The van der Waals surface area contributed by atoms with Crippen LogP contribution in [0.1, 0.15) is 11.6 Å². The van der Waals surface area contributed by atoms with Crippen LogP contribution >= 0.6 is 0 Å². The first-order valence-electron chi connectivity index (χ1n) is 4.69. The Hall–Kier alpha value is -2.48. The number of benzene rings is 1. The average Bonchev–Trinajstić information content (AvgIpc) is 2.62. The molecule has 0 saturated heterocycles. The summed E-state index contributed by atoms with van der Waals surface area (Å²) in [5.74, 6) is 0.805. The van der Waals surface area contributed by atoms with Crippen molar-refractivity contribution < 1.29 is 4.42 Å². The number of oxazole rings is 1. The molecule has 3 N–H and O–H groups in total. The highest BCUT2D eigenvalue weighted by atomic mass is 16.4. The molecule has 80 valence electrons. The van der Waals surface area contributed by atoms with Gasteiger partial charge in [0.15, 0.2) is 5.89 Å².